The third kappa shape index (κ3) is 4.47. The van der Waals surface area contributed by atoms with Crippen LogP contribution in [0.2, 0.25) is 0 Å². The van der Waals surface area contributed by atoms with E-state index in [-0.39, 0.29) is 0 Å². The zero-order valence-corrected chi connectivity index (χ0v) is 17.6. The minimum Gasteiger partial charge on any atom is -0.328 e. The van der Waals surface area contributed by atoms with Crippen LogP contribution in [0.15, 0.2) is 30.7 Å². The van der Waals surface area contributed by atoms with Crippen LogP contribution in [0, 0.1) is 12.8 Å². The summed E-state index contributed by atoms with van der Waals surface area (Å²) in [7, 11) is 0. The minimum absolute atomic E-state index is 0.718. The van der Waals surface area contributed by atoms with Gasteiger partial charge in [-0.25, -0.2) is 4.98 Å². The van der Waals surface area contributed by atoms with Gasteiger partial charge in [-0.15, -0.1) is 0 Å². The predicted octanol–water partition coefficient (Wildman–Crippen LogP) is 3.84. The van der Waals surface area contributed by atoms with Crippen LogP contribution in [0.1, 0.15) is 44.7 Å². The molecule has 2 aliphatic rings. The Balaban J connectivity index is 1.39. The number of hydrogen-bond acceptors (Lipinski definition) is 4. The Labute approximate surface area is 169 Å². The maximum absolute atomic E-state index is 4.70. The largest absolute Gasteiger partial charge is 0.328 e. The van der Waals surface area contributed by atoms with Gasteiger partial charge >= 0.3 is 0 Å². The highest BCUT2D eigenvalue weighted by Gasteiger charge is 2.29. The highest BCUT2D eigenvalue weighted by Crippen LogP contribution is 2.27. The quantitative estimate of drug-likeness (QED) is 0.762. The Morgan fingerprint density at radius 2 is 1.86 bits per heavy atom. The normalized spacial score (nSPS) is 22.6. The van der Waals surface area contributed by atoms with E-state index in [9.17, 15) is 0 Å². The molecule has 2 aliphatic heterocycles. The minimum atomic E-state index is 0.718. The van der Waals surface area contributed by atoms with Crippen LogP contribution in [0.4, 0.5) is 0 Å². The lowest BCUT2D eigenvalue weighted by Crippen LogP contribution is -2.49. The second kappa shape index (κ2) is 9.19. The highest BCUT2D eigenvalue weighted by atomic mass is 15.2. The van der Waals surface area contributed by atoms with Gasteiger partial charge in [-0.2, -0.15) is 0 Å². The van der Waals surface area contributed by atoms with Crippen molar-refractivity contribution in [1.82, 2.24) is 24.3 Å². The molecule has 0 N–H and O–H groups in total. The molecule has 0 spiro atoms. The van der Waals surface area contributed by atoms with Crippen molar-refractivity contribution in [2.75, 3.05) is 32.7 Å². The molecule has 2 fully saturated rings. The van der Waals surface area contributed by atoms with Gasteiger partial charge in [-0.05, 0) is 83.3 Å². The summed E-state index contributed by atoms with van der Waals surface area (Å²) in [5.41, 5.74) is 2.43. The van der Waals surface area contributed by atoms with E-state index in [0.717, 1.165) is 24.3 Å². The van der Waals surface area contributed by atoms with Gasteiger partial charge in [0, 0.05) is 49.0 Å². The Morgan fingerprint density at radius 1 is 1.07 bits per heavy atom. The van der Waals surface area contributed by atoms with Crippen LogP contribution in [-0.4, -0.2) is 63.1 Å². The lowest BCUT2D eigenvalue weighted by Gasteiger charge is -2.42. The van der Waals surface area contributed by atoms with E-state index >= 15 is 0 Å². The molecule has 0 saturated carbocycles. The first-order valence-corrected chi connectivity index (χ1v) is 11.1. The van der Waals surface area contributed by atoms with Crippen molar-refractivity contribution in [2.24, 2.45) is 5.92 Å². The molecule has 5 nitrogen and oxygen atoms in total. The van der Waals surface area contributed by atoms with Crippen molar-refractivity contribution in [3.8, 4) is 11.4 Å². The molecule has 152 valence electrons. The number of imidazole rings is 1. The average molecular weight is 382 g/mol. The molecule has 2 aromatic rings. The summed E-state index contributed by atoms with van der Waals surface area (Å²) in [6.45, 7) is 11.9. The fraction of sp³-hybridized carbons (Fsp3) is 0.652. The van der Waals surface area contributed by atoms with Crippen molar-refractivity contribution in [3.05, 3.63) is 36.4 Å². The van der Waals surface area contributed by atoms with E-state index in [1.165, 1.54) is 76.1 Å². The second-order valence-corrected chi connectivity index (χ2v) is 8.65. The number of pyridine rings is 1. The molecule has 2 aromatic heterocycles. The molecule has 28 heavy (non-hydrogen) atoms. The lowest BCUT2D eigenvalue weighted by atomic mass is 9.93. The Bertz CT molecular complexity index is 733. The van der Waals surface area contributed by atoms with Crippen molar-refractivity contribution in [1.29, 1.82) is 0 Å². The number of rotatable bonds is 6. The Morgan fingerprint density at radius 3 is 2.61 bits per heavy atom. The van der Waals surface area contributed by atoms with Gasteiger partial charge in [-0.1, -0.05) is 6.92 Å². The Kier molecular flexibility index (Phi) is 6.43. The fourth-order valence-electron chi connectivity index (χ4n) is 5.08. The van der Waals surface area contributed by atoms with Crippen molar-refractivity contribution < 1.29 is 0 Å². The molecule has 0 amide bonds. The topological polar surface area (TPSA) is 37.2 Å². The van der Waals surface area contributed by atoms with E-state index < -0.39 is 0 Å². The van der Waals surface area contributed by atoms with E-state index in [1.807, 2.05) is 18.6 Å². The number of piperidine rings is 2. The van der Waals surface area contributed by atoms with Gasteiger partial charge in [0.2, 0.25) is 0 Å². The van der Waals surface area contributed by atoms with Crippen LogP contribution >= 0.6 is 0 Å². The lowest BCUT2D eigenvalue weighted by molar-refractivity contribution is 0.0675. The zero-order valence-electron chi connectivity index (χ0n) is 17.6. The fourth-order valence-corrected chi connectivity index (χ4v) is 5.08. The number of likely N-dealkylation sites (tertiary alicyclic amines) is 2. The SMILES string of the molecule is CCCN1CCC(N2CCCC(Cn3c(C)cnc3-c3ccncc3)C2)CC1. The van der Waals surface area contributed by atoms with Gasteiger partial charge in [0.05, 0.1) is 0 Å². The number of aromatic nitrogens is 3. The first-order valence-electron chi connectivity index (χ1n) is 11.1. The molecule has 1 unspecified atom stereocenters. The summed E-state index contributed by atoms with van der Waals surface area (Å²) in [5, 5.41) is 0. The van der Waals surface area contributed by atoms with Gasteiger partial charge in [0.1, 0.15) is 5.82 Å². The van der Waals surface area contributed by atoms with Gasteiger partial charge < -0.3 is 9.47 Å². The third-order valence-corrected chi connectivity index (χ3v) is 6.60. The summed E-state index contributed by atoms with van der Waals surface area (Å²) in [5.74, 6) is 1.81. The number of hydrogen-bond donors (Lipinski definition) is 0. The van der Waals surface area contributed by atoms with Crippen LogP contribution in [0.25, 0.3) is 11.4 Å². The predicted molar refractivity (Wildman–Crippen MR) is 114 cm³/mol. The molecule has 5 heteroatoms. The molecule has 1 atom stereocenters. The van der Waals surface area contributed by atoms with E-state index in [1.54, 1.807) is 0 Å². The monoisotopic (exact) mass is 381 g/mol. The summed E-state index contributed by atoms with van der Waals surface area (Å²) in [4.78, 5) is 14.3. The van der Waals surface area contributed by atoms with Crippen molar-refractivity contribution >= 4 is 0 Å². The zero-order chi connectivity index (χ0) is 19.3. The maximum Gasteiger partial charge on any atom is 0.140 e. The van der Waals surface area contributed by atoms with Crippen LogP contribution in [-0.2, 0) is 6.54 Å². The van der Waals surface area contributed by atoms with Gasteiger partial charge in [0.25, 0.3) is 0 Å². The average Bonchev–Trinajstić information content (AvgIpc) is 3.10. The molecule has 0 radical (unpaired) electrons. The highest BCUT2D eigenvalue weighted by molar-refractivity contribution is 5.55. The molecule has 4 heterocycles. The molecule has 0 aliphatic carbocycles. The van der Waals surface area contributed by atoms with Crippen molar-refractivity contribution in [3.63, 3.8) is 0 Å². The summed E-state index contributed by atoms with van der Waals surface area (Å²) >= 11 is 0. The van der Waals surface area contributed by atoms with Crippen LogP contribution in [0.3, 0.4) is 0 Å². The van der Waals surface area contributed by atoms with E-state index in [2.05, 4.69) is 45.3 Å². The number of aryl methyl sites for hydroxylation is 1. The molecular weight excluding hydrogens is 346 g/mol. The Hall–Kier alpha value is -1.72. The van der Waals surface area contributed by atoms with Gasteiger partial charge in [-0.3, -0.25) is 9.88 Å². The third-order valence-electron chi connectivity index (χ3n) is 6.60. The summed E-state index contributed by atoms with van der Waals surface area (Å²) in [6, 6.07) is 4.92. The molecule has 0 aromatic carbocycles. The molecule has 0 bridgehead atoms. The van der Waals surface area contributed by atoms with E-state index in [4.69, 9.17) is 4.98 Å². The summed E-state index contributed by atoms with van der Waals surface area (Å²) in [6.07, 6.45) is 12.4. The van der Waals surface area contributed by atoms with Gasteiger partial charge in [0.15, 0.2) is 0 Å². The molecular formula is C23H35N5. The van der Waals surface area contributed by atoms with Crippen LogP contribution in [0.5, 0.6) is 0 Å². The standard InChI is InChI=1S/C23H35N5/c1-3-12-26-14-8-22(9-15-26)27-13-4-5-20(17-27)18-28-19(2)16-25-23(28)21-6-10-24-11-7-21/h6-7,10-11,16,20,22H,3-5,8-9,12-15,17-18H2,1-2H3. The van der Waals surface area contributed by atoms with Crippen molar-refractivity contribution in [2.45, 2.75) is 58.5 Å². The molecule has 4 rings (SSSR count). The van der Waals surface area contributed by atoms with Crippen LogP contribution < -0.4 is 0 Å². The second-order valence-electron chi connectivity index (χ2n) is 8.65. The first-order chi connectivity index (χ1) is 13.7. The number of nitrogens with zero attached hydrogens (tertiary/aromatic N) is 5. The van der Waals surface area contributed by atoms with E-state index in [0.29, 0.717) is 0 Å². The molecule has 2 saturated heterocycles. The summed E-state index contributed by atoms with van der Waals surface area (Å²) < 4.78 is 2.42. The maximum atomic E-state index is 4.70. The first kappa shape index (κ1) is 19.6. The smallest absolute Gasteiger partial charge is 0.140 e.